The van der Waals surface area contributed by atoms with E-state index in [-0.39, 0.29) is 25.4 Å². The highest BCUT2D eigenvalue weighted by Crippen LogP contribution is 2.31. The summed E-state index contributed by atoms with van der Waals surface area (Å²) in [5.41, 5.74) is 18.0. The minimum absolute atomic E-state index is 0.0347. The smallest absolute Gasteiger partial charge is 0.338 e. The van der Waals surface area contributed by atoms with Gasteiger partial charge in [0.1, 0.15) is 76.5 Å². The highest BCUT2D eigenvalue weighted by atomic mass is 16.6. The van der Waals surface area contributed by atoms with Crippen molar-refractivity contribution >= 4 is 65.5 Å². The number of carbonyl (C=O) groups excluding carboxylic acids is 5. The molecule has 23 nitrogen and oxygen atoms in total. The van der Waals surface area contributed by atoms with Gasteiger partial charge in [-0.3, -0.25) is 0 Å². The molecular formula is C87H96N2O21. The van der Waals surface area contributed by atoms with Crippen LogP contribution >= 0.6 is 0 Å². The molecule has 0 bridgehead atoms. The average molecular weight is 1510 g/mol. The van der Waals surface area contributed by atoms with Gasteiger partial charge in [0.05, 0.1) is 106 Å². The quantitative estimate of drug-likeness (QED) is 0.0118. The average Bonchev–Trinajstić information content (AvgIpc) is 0.835. The zero-order valence-corrected chi connectivity index (χ0v) is 62.6. The summed E-state index contributed by atoms with van der Waals surface area (Å²) in [6.07, 6.45) is 18.7. The van der Waals surface area contributed by atoms with Crippen molar-refractivity contribution in [2.24, 2.45) is 0 Å². The van der Waals surface area contributed by atoms with Crippen LogP contribution < -0.4 is 63.6 Å². The molecule has 4 N–H and O–H groups in total. The van der Waals surface area contributed by atoms with Gasteiger partial charge in [0.25, 0.3) is 0 Å². The second-order valence-corrected chi connectivity index (χ2v) is 24.7. The summed E-state index contributed by atoms with van der Waals surface area (Å²) >= 11 is 0. The summed E-state index contributed by atoms with van der Waals surface area (Å²) in [4.78, 5) is 60.3. The summed E-state index contributed by atoms with van der Waals surface area (Å²) < 4.78 is 93.0. The zero-order valence-electron chi connectivity index (χ0n) is 62.6. The van der Waals surface area contributed by atoms with E-state index >= 15 is 0 Å². The summed E-state index contributed by atoms with van der Waals surface area (Å²) in [7, 11) is 5.32. The molecule has 110 heavy (non-hydrogen) atoms. The first kappa shape index (κ1) is 83.1. The van der Waals surface area contributed by atoms with Crippen molar-refractivity contribution in [3.8, 4) is 63.2 Å². The van der Waals surface area contributed by atoms with E-state index in [9.17, 15) is 24.0 Å². The topological polar surface area (TPSA) is 285 Å². The number of ether oxygens (including phenoxy) is 16. The molecule has 0 aliphatic heterocycles. The number of nitrogens with two attached hydrogens (primary N) is 2. The first-order valence-corrected chi connectivity index (χ1v) is 36.3. The third-order valence-electron chi connectivity index (χ3n) is 16.2. The number of benzene rings is 8. The van der Waals surface area contributed by atoms with Gasteiger partial charge in [0.2, 0.25) is 0 Å². The van der Waals surface area contributed by atoms with Crippen molar-refractivity contribution in [1.82, 2.24) is 0 Å². The lowest BCUT2D eigenvalue weighted by Gasteiger charge is -2.16. The number of rotatable bonds is 49. The number of unbranched alkanes of at least 4 members (excludes halogenated alkanes) is 5. The summed E-state index contributed by atoms with van der Waals surface area (Å²) in [5, 5.41) is 0. The molecule has 8 aromatic rings. The molecule has 0 atom stereocenters. The largest absolute Gasteiger partial charge is 0.494 e. The first-order valence-electron chi connectivity index (χ1n) is 36.3. The third kappa shape index (κ3) is 31.9. The fourth-order valence-electron chi connectivity index (χ4n) is 10.2. The van der Waals surface area contributed by atoms with Gasteiger partial charge in [-0.1, -0.05) is 48.5 Å². The van der Waals surface area contributed by atoms with Crippen LogP contribution in [0.4, 0.5) is 11.4 Å². The lowest BCUT2D eigenvalue weighted by atomic mass is 10.2. The fourth-order valence-corrected chi connectivity index (χ4v) is 10.2. The molecule has 23 heteroatoms. The fraction of sp³-hybridized carbons (Fsp3) is 0.299. The SMILES string of the molecule is COC(=O)C=Cc1ccc(OCCCCOc2cc(COc3cc(OCc4cc(OCCCCOc5ccc(C=CC(=O)OC)cc5)cc(OCCCCOc5ccc(C=CC(=O)OC)cc5)c4)cc(C(=O)OCCCCOc4cc(N)ccc4N)c3)cc(OCCCCOc3ccc(C=CC(=O)OC)cc3)c2)cc1. The third-order valence-corrected chi connectivity index (χ3v) is 16.2. The van der Waals surface area contributed by atoms with Gasteiger partial charge in [-0.15, -0.1) is 0 Å². The molecule has 0 aromatic heterocycles. The van der Waals surface area contributed by atoms with E-state index in [4.69, 9.17) is 68.3 Å². The van der Waals surface area contributed by atoms with E-state index in [2.05, 4.69) is 18.9 Å². The molecule has 8 rings (SSSR count). The van der Waals surface area contributed by atoms with Gasteiger partial charge in [-0.2, -0.15) is 0 Å². The maximum Gasteiger partial charge on any atom is 0.338 e. The Kier molecular flexibility index (Phi) is 35.7. The number of methoxy groups -OCH3 is 4. The minimum Gasteiger partial charge on any atom is -0.494 e. The molecule has 8 aromatic carbocycles. The van der Waals surface area contributed by atoms with Gasteiger partial charge in [0.15, 0.2) is 0 Å². The van der Waals surface area contributed by atoms with Crippen LogP contribution in [0.3, 0.4) is 0 Å². The van der Waals surface area contributed by atoms with E-state index in [0.29, 0.717) is 198 Å². The second kappa shape index (κ2) is 47.2. The highest BCUT2D eigenvalue weighted by Gasteiger charge is 2.16. The standard InChI is InChI=1S/C87H96N2O21/c1-95-83(90)37-23-63-15-28-71(29-16-63)99-41-5-9-45-103-75-51-67(52-76(58-75)104-46-10-6-42-100-72-30-17-64(18-31-72)24-38-84(91)96-2)61-109-79-55-69(87(94)108-50-14-13-49-107-82-57-70(88)27-36-81(82)89)56-80(60-79)110-62-68-53-77(105-47-11-7-43-101-73-32-19-65(20-33-73)25-39-85(92)97-3)59-78(54-68)106-48-12-8-44-102-74-34-21-66(22-35-74)26-40-86(93)98-4/h15-40,51-60H,5-14,41-50,61-62,88-89H2,1-4H3. The Morgan fingerprint density at radius 3 is 0.836 bits per heavy atom. The molecule has 0 heterocycles. The van der Waals surface area contributed by atoms with Crippen LogP contribution in [-0.2, 0) is 56.1 Å². The molecule has 0 saturated carbocycles. The van der Waals surface area contributed by atoms with E-state index in [1.807, 2.05) is 133 Å². The molecule has 0 spiro atoms. The predicted molar refractivity (Wildman–Crippen MR) is 419 cm³/mol. The van der Waals surface area contributed by atoms with E-state index in [1.54, 1.807) is 60.7 Å². The Labute approximate surface area is 642 Å². The molecule has 580 valence electrons. The predicted octanol–water partition coefficient (Wildman–Crippen LogP) is 15.7. The molecule has 0 aliphatic rings. The van der Waals surface area contributed by atoms with Crippen molar-refractivity contribution in [2.45, 2.75) is 77.4 Å². The van der Waals surface area contributed by atoms with Crippen LogP contribution in [0.2, 0.25) is 0 Å². The maximum absolute atomic E-state index is 14.1. The lowest BCUT2D eigenvalue weighted by Crippen LogP contribution is -2.09. The Morgan fingerprint density at radius 2 is 0.545 bits per heavy atom. The minimum atomic E-state index is -0.596. The Bertz CT molecular complexity index is 3860. The van der Waals surface area contributed by atoms with Crippen molar-refractivity contribution in [3.05, 3.63) is 233 Å². The Hall–Kier alpha value is -12.5. The van der Waals surface area contributed by atoms with Crippen molar-refractivity contribution in [3.63, 3.8) is 0 Å². The van der Waals surface area contributed by atoms with Crippen molar-refractivity contribution in [2.75, 3.05) is 106 Å². The van der Waals surface area contributed by atoms with Crippen LogP contribution in [0.1, 0.15) is 108 Å². The van der Waals surface area contributed by atoms with Crippen molar-refractivity contribution < 1.29 is 99.8 Å². The number of hydrogen-bond acceptors (Lipinski definition) is 23. The number of anilines is 2. The number of esters is 5. The van der Waals surface area contributed by atoms with Gasteiger partial charge in [0, 0.05) is 54.3 Å². The number of nitrogen functional groups attached to an aromatic ring is 2. The normalized spacial score (nSPS) is 11.1. The maximum atomic E-state index is 14.1. The molecule has 0 saturated heterocycles. The van der Waals surface area contributed by atoms with Crippen LogP contribution in [-0.4, -0.2) is 124 Å². The molecule has 0 fully saturated rings. The second-order valence-electron chi connectivity index (χ2n) is 24.7. The Balaban J connectivity index is 0.945. The first-order chi connectivity index (χ1) is 53.7. The monoisotopic (exact) mass is 1500 g/mol. The molecule has 0 radical (unpaired) electrons. The van der Waals surface area contributed by atoms with Crippen LogP contribution in [0.5, 0.6) is 63.2 Å². The molecule has 0 aliphatic carbocycles. The van der Waals surface area contributed by atoms with Gasteiger partial charge < -0.3 is 87.3 Å². The van der Waals surface area contributed by atoms with Crippen molar-refractivity contribution in [1.29, 1.82) is 0 Å². The van der Waals surface area contributed by atoms with Crippen LogP contribution in [0, 0.1) is 0 Å². The zero-order chi connectivity index (χ0) is 77.8. The van der Waals surface area contributed by atoms with E-state index < -0.39 is 29.8 Å². The Morgan fingerprint density at radius 1 is 0.282 bits per heavy atom. The lowest BCUT2D eigenvalue weighted by molar-refractivity contribution is -0.135. The highest BCUT2D eigenvalue weighted by molar-refractivity contribution is 5.91. The van der Waals surface area contributed by atoms with Gasteiger partial charge in [-0.05, 0) is 219 Å². The van der Waals surface area contributed by atoms with Crippen LogP contribution in [0.25, 0.3) is 24.3 Å². The molecular weight excluding hydrogens is 1410 g/mol. The summed E-state index contributed by atoms with van der Waals surface area (Å²) in [6, 6.07) is 50.8. The summed E-state index contributed by atoms with van der Waals surface area (Å²) in [5.74, 6) is 3.79. The van der Waals surface area contributed by atoms with E-state index in [0.717, 1.165) is 33.4 Å². The molecule has 0 amide bonds. The van der Waals surface area contributed by atoms with E-state index in [1.165, 1.54) is 52.7 Å². The van der Waals surface area contributed by atoms with Gasteiger partial charge >= 0.3 is 29.8 Å². The van der Waals surface area contributed by atoms with Crippen LogP contribution in [0.15, 0.2) is 194 Å². The van der Waals surface area contributed by atoms with Gasteiger partial charge in [-0.25, -0.2) is 24.0 Å². The number of hydrogen-bond donors (Lipinski definition) is 2. The molecule has 0 unspecified atom stereocenters. The number of carbonyl (C=O) groups is 5. The summed E-state index contributed by atoms with van der Waals surface area (Å²) in [6.45, 7) is 3.81.